The first-order chi connectivity index (χ1) is 7.84. The summed E-state index contributed by atoms with van der Waals surface area (Å²) < 4.78 is 0. The second-order valence-corrected chi connectivity index (χ2v) is 3.45. The molecule has 1 aromatic heterocycles. The van der Waals surface area contributed by atoms with Crippen LogP contribution in [0.2, 0.25) is 0 Å². The summed E-state index contributed by atoms with van der Waals surface area (Å²) in [5, 5.41) is 20.0. The van der Waals surface area contributed by atoms with E-state index in [-0.39, 0.29) is 0 Å². The summed E-state index contributed by atoms with van der Waals surface area (Å²) in [5.41, 5.74) is 1.18. The van der Waals surface area contributed by atoms with E-state index in [9.17, 15) is 0 Å². The Morgan fingerprint density at radius 1 is 1.12 bits per heavy atom. The Hall–Kier alpha value is -2.10. The van der Waals surface area contributed by atoms with Gasteiger partial charge in [-0.3, -0.25) is 0 Å². The molecule has 0 radical (unpaired) electrons. The molecule has 0 unspecified atom stereocenters. The van der Waals surface area contributed by atoms with Crippen molar-refractivity contribution in [3.63, 3.8) is 0 Å². The number of benzene rings is 1. The number of hydrogen-bond donors (Lipinski definition) is 2. The Morgan fingerprint density at radius 2 is 1.94 bits per heavy atom. The highest BCUT2D eigenvalue weighted by atomic mass is 16.3. The van der Waals surface area contributed by atoms with Gasteiger partial charge in [-0.25, -0.2) is 0 Å². The standard InChI is InChI=1S/C12H13N3O/c16-11-5-3-10(4-6-11)7-9-13-12-2-1-8-14-15-12/h1-6,8,16H,7,9H2,(H,13,15). The van der Waals surface area contributed by atoms with E-state index in [2.05, 4.69) is 15.5 Å². The molecule has 0 spiro atoms. The van der Waals surface area contributed by atoms with Gasteiger partial charge in [0.05, 0.1) is 0 Å². The van der Waals surface area contributed by atoms with Crippen LogP contribution in [-0.2, 0) is 6.42 Å². The Balaban J connectivity index is 1.82. The average Bonchev–Trinajstić information content (AvgIpc) is 2.33. The fraction of sp³-hybridized carbons (Fsp3) is 0.167. The minimum Gasteiger partial charge on any atom is -0.508 e. The molecule has 2 aromatic rings. The van der Waals surface area contributed by atoms with Gasteiger partial charge in [-0.15, -0.1) is 5.10 Å². The van der Waals surface area contributed by atoms with Crippen LogP contribution in [0.15, 0.2) is 42.6 Å². The Morgan fingerprint density at radius 3 is 2.62 bits per heavy atom. The van der Waals surface area contributed by atoms with Crippen molar-refractivity contribution in [3.8, 4) is 5.75 Å². The first-order valence-corrected chi connectivity index (χ1v) is 5.14. The molecule has 4 nitrogen and oxygen atoms in total. The summed E-state index contributed by atoms with van der Waals surface area (Å²) in [5.74, 6) is 1.08. The maximum atomic E-state index is 9.13. The molecule has 0 atom stereocenters. The van der Waals surface area contributed by atoms with Crippen LogP contribution in [0.1, 0.15) is 5.56 Å². The van der Waals surface area contributed by atoms with Crippen LogP contribution >= 0.6 is 0 Å². The summed E-state index contributed by atoms with van der Waals surface area (Å²) in [7, 11) is 0. The number of phenols is 1. The molecule has 4 heteroatoms. The van der Waals surface area contributed by atoms with Gasteiger partial charge in [-0.05, 0) is 36.2 Å². The molecule has 0 amide bonds. The van der Waals surface area contributed by atoms with Crippen LogP contribution in [-0.4, -0.2) is 21.8 Å². The van der Waals surface area contributed by atoms with E-state index in [1.165, 1.54) is 5.56 Å². The zero-order valence-electron chi connectivity index (χ0n) is 8.80. The molecule has 1 heterocycles. The molecule has 0 saturated heterocycles. The number of anilines is 1. The molecule has 0 bridgehead atoms. The summed E-state index contributed by atoms with van der Waals surface area (Å²) in [6.45, 7) is 0.795. The van der Waals surface area contributed by atoms with Crippen molar-refractivity contribution in [1.29, 1.82) is 0 Å². The van der Waals surface area contributed by atoms with Crippen molar-refractivity contribution in [2.75, 3.05) is 11.9 Å². The van der Waals surface area contributed by atoms with Gasteiger partial charge >= 0.3 is 0 Å². The van der Waals surface area contributed by atoms with Gasteiger partial charge in [0.2, 0.25) is 0 Å². The summed E-state index contributed by atoms with van der Waals surface area (Å²) in [4.78, 5) is 0. The highest BCUT2D eigenvalue weighted by Crippen LogP contribution is 2.10. The third-order valence-corrected chi connectivity index (χ3v) is 2.23. The number of phenolic OH excluding ortho intramolecular Hbond substituents is 1. The van der Waals surface area contributed by atoms with E-state index in [0.29, 0.717) is 5.75 Å². The van der Waals surface area contributed by atoms with Gasteiger partial charge in [0, 0.05) is 12.7 Å². The number of aromatic hydroxyl groups is 1. The highest BCUT2D eigenvalue weighted by Gasteiger charge is 1.95. The molecule has 2 rings (SSSR count). The molecule has 0 saturated carbocycles. The van der Waals surface area contributed by atoms with Gasteiger partial charge in [0.25, 0.3) is 0 Å². The quantitative estimate of drug-likeness (QED) is 0.817. The molecule has 0 fully saturated rings. The van der Waals surface area contributed by atoms with E-state index < -0.39 is 0 Å². The highest BCUT2D eigenvalue weighted by molar-refractivity contribution is 5.32. The van der Waals surface area contributed by atoms with Crippen LogP contribution in [0.3, 0.4) is 0 Å². The summed E-state index contributed by atoms with van der Waals surface area (Å²) in [6.07, 6.45) is 2.53. The van der Waals surface area contributed by atoms with Crippen LogP contribution in [0, 0.1) is 0 Å². The fourth-order valence-corrected chi connectivity index (χ4v) is 1.39. The Bertz CT molecular complexity index is 428. The van der Waals surface area contributed by atoms with Gasteiger partial charge in [0.1, 0.15) is 11.6 Å². The lowest BCUT2D eigenvalue weighted by Gasteiger charge is -2.04. The number of nitrogens with zero attached hydrogens (tertiary/aromatic N) is 2. The van der Waals surface area contributed by atoms with Crippen LogP contribution in [0.4, 0.5) is 5.82 Å². The van der Waals surface area contributed by atoms with Crippen molar-refractivity contribution in [2.45, 2.75) is 6.42 Å². The number of rotatable bonds is 4. The van der Waals surface area contributed by atoms with Crippen LogP contribution in [0.5, 0.6) is 5.75 Å². The van der Waals surface area contributed by atoms with Crippen LogP contribution in [0.25, 0.3) is 0 Å². The first kappa shape index (κ1) is 10.4. The monoisotopic (exact) mass is 215 g/mol. The van der Waals surface area contributed by atoms with Crippen molar-refractivity contribution >= 4 is 5.82 Å². The number of aromatic nitrogens is 2. The first-order valence-electron chi connectivity index (χ1n) is 5.14. The van der Waals surface area contributed by atoms with Crippen LogP contribution < -0.4 is 5.32 Å². The fourth-order valence-electron chi connectivity index (χ4n) is 1.39. The third kappa shape index (κ3) is 2.95. The lowest BCUT2D eigenvalue weighted by Crippen LogP contribution is -2.06. The maximum Gasteiger partial charge on any atom is 0.148 e. The van der Waals surface area contributed by atoms with E-state index >= 15 is 0 Å². The van der Waals surface area contributed by atoms with E-state index in [1.54, 1.807) is 18.3 Å². The van der Waals surface area contributed by atoms with Crippen molar-refractivity contribution in [1.82, 2.24) is 10.2 Å². The Labute approximate surface area is 94.0 Å². The zero-order valence-corrected chi connectivity index (χ0v) is 8.80. The van der Waals surface area contributed by atoms with E-state index in [0.717, 1.165) is 18.8 Å². The molecule has 0 aliphatic carbocycles. The van der Waals surface area contributed by atoms with Gasteiger partial charge in [0.15, 0.2) is 0 Å². The molecule has 2 N–H and O–H groups in total. The predicted octanol–water partition coefficient (Wildman–Crippen LogP) is 1.84. The minimum absolute atomic E-state index is 0.297. The summed E-state index contributed by atoms with van der Waals surface area (Å²) >= 11 is 0. The minimum atomic E-state index is 0.297. The molecule has 82 valence electrons. The van der Waals surface area contributed by atoms with Crippen molar-refractivity contribution in [3.05, 3.63) is 48.2 Å². The lowest BCUT2D eigenvalue weighted by molar-refractivity contribution is 0.475. The molecular formula is C12H13N3O. The summed E-state index contributed by atoms with van der Waals surface area (Å²) in [6, 6.07) is 10.9. The SMILES string of the molecule is Oc1ccc(CCNc2cccnn2)cc1. The molecular weight excluding hydrogens is 202 g/mol. The number of nitrogens with one attached hydrogen (secondary N) is 1. The third-order valence-electron chi connectivity index (χ3n) is 2.23. The molecule has 0 aliphatic heterocycles. The maximum absolute atomic E-state index is 9.13. The number of hydrogen-bond acceptors (Lipinski definition) is 4. The second-order valence-electron chi connectivity index (χ2n) is 3.45. The Kier molecular flexibility index (Phi) is 3.33. The topological polar surface area (TPSA) is 58.0 Å². The zero-order chi connectivity index (χ0) is 11.2. The van der Waals surface area contributed by atoms with Crippen molar-refractivity contribution in [2.24, 2.45) is 0 Å². The predicted molar refractivity (Wildman–Crippen MR) is 62.3 cm³/mol. The van der Waals surface area contributed by atoms with Gasteiger partial charge < -0.3 is 10.4 Å². The second kappa shape index (κ2) is 5.11. The lowest BCUT2D eigenvalue weighted by atomic mass is 10.1. The smallest absolute Gasteiger partial charge is 0.148 e. The molecule has 1 aromatic carbocycles. The normalized spacial score (nSPS) is 10.0. The molecule has 0 aliphatic rings. The van der Waals surface area contributed by atoms with E-state index in [4.69, 9.17) is 5.11 Å². The van der Waals surface area contributed by atoms with Crippen molar-refractivity contribution < 1.29 is 5.11 Å². The van der Waals surface area contributed by atoms with E-state index in [1.807, 2.05) is 24.3 Å². The molecule has 16 heavy (non-hydrogen) atoms. The average molecular weight is 215 g/mol. The van der Waals surface area contributed by atoms with Gasteiger partial charge in [-0.1, -0.05) is 12.1 Å². The van der Waals surface area contributed by atoms with Gasteiger partial charge in [-0.2, -0.15) is 5.10 Å². The largest absolute Gasteiger partial charge is 0.508 e.